The fourth-order valence-electron chi connectivity index (χ4n) is 3.88. The predicted molar refractivity (Wildman–Crippen MR) is 125 cm³/mol. The van der Waals surface area contributed by atoms with E-state index in [1.54, 1.807) is 60.7 Å². The maximum atomic E-state index is 13.1. The molecule has 1 heterocycles. The van der Waals surface area contributed by atoms with Gasteiger partial charge in [0.05, 0.1) is 16.5 Å². The number of aliphatic hydroxyl groups excluding tert-OH is 1. The van der Waals surface area contributed by atoms with Gasteiger partial charge in [0, 0.05) is 36.0 Å². The quantitative estimate of drug-likeness (QED) is 0.194. The molecule has 0 saturated carbocycles. The summed E-state index contributed by atoms with van der Waals surface area (Å²) in [5.74, 6) is -2.45. The van der Waals surface area contributed by atoms with E-state index < -0.39 is 22.7 Å². The van der Waals surface area contributed by atoms with Crippen molar-refractivity contribution in [1.82, 2.24) is 0 Å². The van der Waals surface area contributed by atoms with Crippen molar-refractivity contribution < 1.29 is 24.4 Å². The van der Waals surface area contributed by atoms with Crippen molar-refractivity contribution in [1.29, 1.82) is 0 Å². The molecule has 1 aliphatic rings. The van der Waals surface area contributed by atoms with Crippen LogP contribution in [0.5, 0.6) is 0 Å². The highest BCUT2D eigenvalue weighted by Crippen LogP contribution is 2.43. The molecule has 0 bridgehead atoms. The summed E-state index contributed by atoms with van der Waals surface area (Å²) >= 11 is 0. The lowest BCUT2D eigenvalue weighted by Gasteiger charge is -2.25. The number of hydrogen-bond acceptors (Lipinski definition) is 6. The minimum Gasteiger partial charge on any atom is -0.507 e. The fourth-order valence-corrected chi connectivity index (χ4v) is 3.88. The number of ketones is 1. The molecule has 0 radical (unpaired) electrons. The van der Waals surface area contributed by atoms with Crippen LogP contribution in [0.15, 0.2) is 84.4 Å². The van der Waals surface area contributed by atoms with Crippen LogP contribution in [-0.4, -0.2) is 27.6 Å². The van der Waals surface area contributed by atoms with E-state index in [1.165, 1.54) is 30.0 Å². The molecule has 9 heteroatoms. The lowest BCUT2D eigenvalue weighted by Crippen LogP contribution is -2.29. The summed E-state index contributed by atoms with van der Waals surface area (Å²) in [5, 5.41) is 25.0. The van der Waals surface area contributed by atoms with Gasteiger partial charge in [0.15, 0.2) is 0 Å². The number of rotatable bonds is 5. The zero-order valence-corrected chi connectivity index (χ0v) is 18.0. The van der Waals surface area contributed by atoms with E-state index in [0.29, 0.717) is 16.9 Å². The van der Waals surface area contributed by atoms with Gasteiger partial charge in [-0.1, -0.05) is 42.5 Å². The molecule has 1 saturated heterocycles. The van der Waals surface area contributed by atoms with Crippen molar-refractivity contribution >= 4 is 40.4 Å². The second-order valence-corrected chi connectivity index (χ2v) is 7.62. The van der Waals surface area contributed by atoms with Crippen LogP contribution >= 0.6 is 0 Å². The number of benzene rings is 3. The van der Waals surface area contributed by atoms with Gasteiger partial charge in [-0.2, -0.15) is 0 Å². The lowest BCUT2D eigenvalue weighted by molar-refractivity contribution is -0.384. The van der Waals surface area contributed by atoms with Crippen LogP contribution in [0.3, 0.4) is 0 Å². The molecule has 1 fully saturated rings. The zero-order chi connectivity index (χ0) is 24.4. The molecule has 3 aromatic rings. The molecule has 4 rings (SSSR count). The molecule has 3 aromatic carbocycles. The van der Waals surface area contributed by atoms with Gasteiger partial charge in [0.1, 0.15) is 5.76 Å². The van der Waals surface area contributed by atoms with E-state index >= 15 is 0 Å². The number of carbonyl (C=O) groups is 3. The Morgan fingerprint density at radius 3 is 2.29 bits per heavy atom. The first-order chi connectivity index (χ1) is 16.3. The Hall–Kier alpha value is -4.79. The largest absolute Gasteiger partial charge is 0.507 e. The predicted octanol–water partition coefficient (Wildman–Crippen LogP) is 4.18. The number of anilines is 2. The second kappa shape index (κ2) is 8.99. The van der Waals surface area contributed by atoms with Gasteiger partial charge in [0.25, 0.3) is 17.4 Å². The van der Waals surface area contributed by atoms with Crippen molar-refractivity contribution in [3.63, 3.8) is 0 Å². The molecular formula is C25H19N3O6. The molecule has 2 amide bonds. The summed E-state index contributed by atoms with van der Waals surface area (Å²) in [4.78, 5) is 49.6. The molecule has 2 N–H and O–H groups in total. The maximum absolute atomic E-state index is 13.1. The van der Waals surface area contributed by atoms with Gasteiger partial charge >= 0.3 is 0 Å². The number of carbonyl (C=O) groups excluding carboxylic acids is 3. The molecule has 34 heavy (non-hydrogen) atoms. The Labute approximate surface area is 194 Å². The van der Waals surface area contributed by atoms with E-state index in [-0.39, 0.29) is 28.5 Å². The molecular weight excluding hydrogens is 438 g/mol. The lowest BCUT2D eigenvalue weighted by atomic mass is 9.95. The third-order valence-electron chi connectivity index (χ3n) is 5.35. The monoisotopic (exact) mass is 457 g/mol. The Kier molecular flexibility index (Phi) is 5.92. The first-order valence-electron chi connectivity index (χ1n) is 10.3. The van der Waals surface area contributed by atoms with Crippen molar-refractivity contribution in [2.45, 2.75) is 13.0 Å². The third kappa shape index (κ3) is 4.14. The van der Waals surface area contributed by atoms with Crippen LogP contribution in [0.1, 0.15) is 24.1 Å². The summed E-state index contributed by atoms with van der Waals surface area (Å²) in [6.45, 7) is 1.36. The summed E-state index contributed by atoms with van der Waals surface area (Å²) in [6.07, 6.45) is 0. The number of amides is 2. The number of Topliss-reactive ketones (excluding diaryl/α,β-unsaturated/α-hetero) is 1. The fraction of sp³-hybridized carbons (Fsp3) is 0.0800. The van der Waals surface area contributed by atoms with Gasteiger partial charge in [-0.25, -0.2) is 0 Å². The number of hydrogen-bond donors (Lipinski definition) is 2. The van der Waals surface area contributed by atoms with E-state index in [1.807, 2.05) is 0 Å². The minimum absolute atomic E-state index is 0.178. The molecule has 0 aliphatic carbocycles. The van der Waals surface area contributed by atoms with Gasteiger partial charge in [0.2, 0.25) is 5.91 Å². The average Bonchev–Trinajstić information content (AvgIpc) is 3.10. The zero-order valence-electron chi connectivity index (χ0n) is 18.0. The molecule has 1 aliphatic heterocycles. The van der Waals surface area contributed by atoms with Crippen molar-refractivity contribution in [2.24, 2.45) is 0 Å². The summed E-state index contributed by atoms with van der Waals surface area (Å²) in [5.41, 5.74) is 1.03. The Balaban J connectivity index is 1.90. The molecule has 0 spiro atoms. The number of aliphatic hydroxyl groups is 1. The van der Waals surface area contributed by atoms with Gasteiger partial charge in [-0.3, -0.25) is 29.4 Å². The molecule has 0 aromatic heterocycles. The van der Waals surface area contributed by atoms with Crippen LogP contribution in [0.2, 0.25) is 0 Å². The van der Waals surface area contributed by atoms with E-state index in [2.05, 4.69) is 5.32 Å². The second-order valence-electron chi connectivity index (χ2n) is 7.62. The topological polar surface area (TPSA) is 130 Å². The summed E-state index contributed by atoms with van der Waals surface area (Å²) in [7, 11) is 0. The number of nitrogens with zero attached hydrogens (tertiary/aromatic N) is 2. The number of nitro groups is 1. The van der Waals surface area contributed by atoms with Gasteiger partial charge in [-0.05, 0) is 29.8 Å². The Morgan fingerprint density at radius 2 is 1.68 bits per heavy atom. The first-order valence-corrected chi connectivity index (χ1v) is 10.3. The number of nitro benzene ring substituents is 1. The standard InChI is InChI=1S/C25H19N3O6/c1-15(29)26-18-10-12-19(13-11-18)27-22(17-8-5-9-20(14-17)28(33)34)21(24(31)25(27)32)23(30)16-6-3-2-4-7-16/h2-14,22,30H,1H3,(H,26,29)/b23-21+. The highest BCUT2D eigenvalue weighted by atomic mass is 16.6. The van der Waals surface area contributed by atoms with Crippen LogP contribution in [0.25, 0.3) is 5.76 Å². The molecule has 1 atom stereocenters. The van der Waals surface area contributed by atoms with Crippen molar-refractivity contribution in [2.75, 3.05) is 10.2 Å². The van der Waals surface area contributed by atoms with E-state index in [9.17, 15) is 29.6 Å². The molecule has 9 nitrogen and oxygen atoms in total. The minimum atomic E-state index is -1.10. The van der Waals surface area contributed by atoms with Crippen LogP contribution in [0.4, 0.5) is 17.1 Å². The smallest absolute Gasteiger partial charge is 0.300 e. The number of non-ortho nitro benzene ring substituents is 1. The first kappa shape index (κ1) is 22.4. The van der Waals surface area contributed by atoms with Gasteiger partial charge < -0.3 is 10.4 Å². The molecule has 170 valence electrons. The Bertz CT molecular complexity index is 1330. The normalized spacial score (nSPS) is 17.0. The average molecular weight is 457 g/mol. The third-order valence-corrected chi connectivity index (χ3v) is 5.35. The summed E-state index contributed by atoms with van der Waals surface area (Å²) in [6, 6.07) is 19.0. The van der Waals surface area contributed by atoms with E-state index in [0.717, 1.165) is 0 Å². The van der Waals surface area contributed by atoms with Gasteiger partial charge in [-0.15, -0.1) is 0 Å². The maximum Gasteiger partial charge on any atom is 0.300 e. The molecule has 1 unspecified atom stereocenters. The number of nitrogens with one attached hydrogen (secondary N) is 1. The van der Waals surface area contributed by atoms with Crippen LogP contribution in [0, 0.1) is 10.1 Å². The van der Waals surface area contributed by atoms with Crippen LogP contribution < -0.4 is 10.2 Å². The van der Waals surface area contributed by atoms with Crippen molar-refractivity contribution in [3.8, 4) is 0 Å². The Morgan fingerprint density at radius 1 is 1.00 bits per heavy atom. The highest BCUT2D eigenvalue weighted by molar-refractivity contribution is 6.51. The highest BCUT2D eigenvalue weighted by Gasteiger charge is 2.47. The SMILES string of the molecule is CC(=O)Nc1ccc(N2C(=O)C(=O)/C(=C(/O)c3ccccc3)C2c2cccc([N+](=O)[O-])c2)cc1. The van der Waals surface area contributed by atoms with E-state index in [4.69, 9.17) is 0 Å². The van der Waals surface area contributed by atoms with Crippen molar-refractivity contribution in [3.05, 3.63) is 106 Å². The summed E-state index contributed by atoms with van der Waals surface area (Å²) < 4.78 is 0. The van der Waals surface area contributed by atoms with Crippen LogP contribution in [-0.2, 0) is 14.4 Å².